The molecule has 1 heterocycles. The van der Waals surface area contributed by atoms with Crippen LogP contribution < -0.4 is 11.1 Å². The first-order valence-electron chi connectivity index (χ1n) is 4.86. The first-order valence-corrected chi connectivity index (χ1v) is 5.65. The van der Waals surface area contributed by atoms with Crippen molar-refractivity contribution in [3.05, 3.63) is 45.0 Å². The Morgan fingerprint density at radius 3 is 2.56 bits per heavy atom. The number of benzene rings is 1. The predicted octanol–water partition coefficient (Wildman–Crippen LogP) is 2.47. The number of hydrogen-bond acceptors (Lipinski definition) is 6. The summed E-state index contributed by atoms with van der Waals surface area (Å²) in [7, 11) is 0. The number of nitrogens with two attached hydrogens (primary N) is 1. The fourth-order valence-electron chi connectivity index (χ4n) is 1.25. The van der Waals surface area contributed by atoms with Crippen molar-refractivity contribution in [2.75, 3.05) is 11.1 Å². The average molecular weight is 310 g/mol. The molecular weight excluding hydrogens is 302 g/mol. The van der Waals surface area contributed by atoms with Gasteiger partial charge in [-0.05, 0) is 24.3 Å². The van der Waals surface area contributed by atoms with Crippen molar-refractivity contribution in [2.24, 2.45) is 0 Å². The third-order valence-electron chi connectivity index (χ3n) is 2.09. The zero-order valence-corrected chi connectivity index (χ0v) is 10.6. The molecule has 0 spiro atoms. The second kappa shape index (κ2) is 4.96. The van der Waals surface area contributed by atoms with Gasteiger partial charge >= 0.3 is 5.69 Å². The summed E-state index contributed by atoms with van der Waals surface area (Å²) >= 11 is 3.31. The fraction of sp³-hybridized carbons (Fsp3) is 0. The van der Waals surface area contributed by atoms with Gasteiger partial charge in [-0.25, -0.2) is 4.98 Å². The predicted molar refractivity (Wildman–Crippen MR) is 70.5 cm³/mol. The third-order valence-corrected chi connectivity index (χ3v) is 2.62. The van der Waals surface area contributed by atoms with Gasteiger partial charge in [0, 0.05) is 10.2 Å². The van der Waals surface area contributed by atoms with Crippen LogP contribution in [0, 0.1) is 10.1 Å². The van der Waals surface area contributed by atoms with Crippen LogP contribution in [0.25, 0.3) is 0 Å². The minimum Gasteiger partial charge on any atom is -0.378 e. The summed E-state index contributed by atoms with van der Waals surface area (Å²) in [5, 5.41) is 13.4. The van der Waals surface area contributed by atoms with E-state index in [1.165, 1.54) is 0 Å². The molecule has 1 aromatic carbocycles. The molecule has 0 unspecified atom stereocenters. The molecule has 0 bridgehead atoms. The topological polar surface area (TPSA) is 107 Å². The van der Waals surface area contributed by atoms with E-state index in [0.717, 1.165) is 16.4 Å². The van der Waals surface area contributed by atoms with Gasteiger partial charge in [-0.15, -0.1) is 0 Å². The van der Waals surface area contributed by atoms with Gasteiger partial charge in [0.1, 0.15) is 6.20 Å². The number of rotatable bonds is 3. The van der Waals surface area contributed by atoms with Gasteiger partial charge in [0.05, 0.1) is 4.92 Å². The maximum Gasteiger partial charge on any atom is 0.329 e. The van der Waals surface area contributed by atoms with E-state index in [4.69, 9.17) is 5.73 Å². The summed E-state index contributed by atoms with van der Waals surface area (Å²) in [6.45, 7) is 0. The maximum atomic E-state index is 10.5. The number of nitrogen functional groups attached to an aromatic ring is 1. The summed E-state index contributed by atoms with van der Waals surface area (Å²) < 4.78 is 0.942. The third kappa shape index (κ3) is 2.72. The minimum absolute atomic E-state index is 0.172. The molecule has 18 heavy (non-hydrogen) atoms. The van der Waals surface area contributed by atoms with Crippen molar-refractivity contribution in [3.8, 4) is 0 Å². The first kappa shape index (κ1) is 12.2. The van der Waals surface area contributed by atoms with E-state index >= 15 is 0 Å². The van der Waals surface area contributed by atoms with E-state index in [1.54, 1.807) is 0 Å². The monoisotopic (exact) mass is 309 g/mol. The average Bonchev–Trinajstić information content (AvgIpc) is 2.32. The molecule has 0 amide bonds. The second-order valence-electron chi connectivity index (χ2n) is 3.35. The van der Waals surface area contributed by atoms with Crippen LogP contribution in [0.3, 0.4) is 0 Å². The van der Waals surface area contributed by atoms with Crippen LogP contribution in [0.2, 0.25) is 0 Å². The van der Waals surface area contributed by atoms with Gasteiger partial charge < -0.3 is 11.1 Å². The normalized spacial score (nSPS) is 10.1. The highest BCUT2D eigenvalue weighted by molar-refractivity contribution is 9.10. The van der Waals surface area contributed by atoms with Crippen LogP contribution >= 0.6 is 15.9 Å². The van der Waals surface area contributed by atoms with Crippen LogP contribution in [-0.2, 0) is 0 Å². The molecule has 8 heteroatoms. The largest absolute Gasteiger partial charge is 0.378 e. The van der Waals surface area contributed by atoms with E-state index in [9.17, 15) is 10.1 Å². The Kier molecular flexibility index (Phi) is 3.38. The summed E-state index contributed by atoms with van der Waals surface area (Å²) in [5.41, 5.74) is 5.91. The van der Waals surface area contributed by atoms with Crippen LogP contribution in [0.1, 0.15) is 0 Å². The Morgan fingerprint density at radius 2 is 2.00 bits per heavy atom. The van der Waals surface area contributed by atoms with E-state index in [2.05, 4.69) is 31.2 Å². The lowest BCUT2D eigenvalue weighted by Crippen LogP contribution is -2.03. The molecule has 2 aromatic rings. The molecule has 7 nitrogen and oxygen atoms in total. The molecule has 0 atom stereocenters. The quantitative estimate of drug-likeness (QED) is 0.666. The van der Waals surface area contributed by atoms with E-state index in [1.807, 2.05) is 24.3 Å². The van der Waals surface area contributed by atoms with Crippen molar-refractivity contribution in [3.63, 3.8) is 0 Å². The molecule has 1 aromatic heterocycles. The molecular formula is C10H8BrN5O2. The molecule has 3 N–H and O–H groups in total. The fourth-order valence-corrected chi connectivity index (χ4v) is 1.52. The van der Waals surface area contributed by atoms with Gasteiger partial charge in [-0.1, -0.05) is 15.9 Å². The number of nitrogens with one attached hydrogen (secondary N) is 1. The van der Waals surface area contributed by atoms with Crippen molar-refractivity contribution < 1.29 is 4.92 Å². The van der Waals surface area contributed by atoms with Crippen molar-refractivity contribution in [2.45, 2.75) is 0 Å². The number of anilines is 3. The van der Waals surface area contributed by atoms with Crippen LogP contribution in [-0.4, -0.2) is 14.9 Å². The van der Waals surface area contributed by atoms with Crippen LogP contribution in [0.4, 0.5) is 23.1 Å². The molecule has 0 aliphatic carbocycles. The highest BCUT2D eigenvalue weighted by atomic mass is 79.9. The van der Waals surface area contributed by atoms with Crippen molar-refractivity contribution >= 4 is 39.1 Å². The number of halogens is 1. The number of hydrogen-bond donors (Lipinski definition) is 2. The molecule has 92 valence electrons. The Morgan fingerprint density at radius 1 is 1.33 bits per heavy atom. The number of nitrogens with zero attached hydrogens (tertiary/aromatic N) is 3. The van der Waals surface area contributed by atoms with Crippen LogP contribution in [0.15, 0.2) is 34.9 Å². The Labute approximate surface area is 110 Å². The molecule has 0 radical (unpaired) electrons. The van der Waals surface area contributed by atoms with Crippen LogP contribution in [0.5, 0.6) is 0 Å². The first-order chi connectivity index (χ1) is 8.56. The van der Waals surface area contributed by atoms with E-state index < -0.39 is 4.92 Å². The van der Waals surface area contributed by atoms with Crippen molar-refractivity contribution in [1.82, 2.24) is 9.97 Å². The standard InChI is InChI=1S/C10H8BrN5O2/c11-6-1-3-7(4-2-6)14-10-13-5-8(16(17)18)9(12)15-10/h1-5H,(H3,12,13,14,15). The highest BCUT2D eigenvalue weighted by Crippen LogP contribution is 2.21. The minimum atomic E-state index is -0.626. The number of nitro groups is 1. The summed E-state index contributed by atoms with van der Waals surface area (Å²) in [6, 6.07) is 7.31. The second-order valence-corrected chi connectivity index (χ2v) is 4.27. The summed E-state index contributed by atoms with van der Waals surface area (Å²) in [6.07, 6.45) is 1.07. The van der Waals surface area contributed by atoms with Crippen molar-refractivity contribution in [1.29, 1.82) is 0 Å². The lowest BCUT2D eigenvalue weighted by Gasteiger charge is -2.05. The Balaban J connectivity index is 2.22. The molecule has 0 aliphatic rings. The van der Waals surface area contributed by atoms with E-state index in [0.29, 0.717) is 0 Å². The number of aromatic nitrogens is 2. The Hall–Kier alpha value is -2.22. The maximum absolute atomic E-state index is 10.5. The molecule has 2 rings (SSSR count). The van der Waals surface area contributed by atoms with Gasteiger partial charge in [0.2, 0.25) is 11.8 Å². The highest BCUT2D eigenvalue weighted by Gasteiger charge is 2.14. The summed E-state index contributed by atoms with van der Waals surface area (Å²) in [4.78, 5) is 17.6. The SMILES string of the molecule is Nc1nc(Nc2ccc(Br)cc2)ncc1[N+](=O)[O-]. The molecule has 0 saturated heterocycles. The zero-order chi connectivity index (χ0) is 13.1. The smallest absolute Gasteiger partial charge is 0.329 e. The van der Waals surface area contributed by atoms with Gasteiger partial charge in [0.25, 0.3) is 0 Å². The lowest BCUT2D eigenvalue weighted by atomic mass is 10.3. The molecule has 0 saturated carbocycles. The Bertz CT molecular complexity index is 587. The van der Waals surface area contributed by atoms with Gasteiger partial charge in [-0.2, -0.15) is 4.98 Å². The van der Waals surface area contributed by atoms with Gasteiger partial charge in [0.15, 0.2) is 0 Å². The molecule has 0 aliphatic heterocycles. The molecule has 0 fully saturated rings. The van der Waals surface area contributed by atoms with Gasteiger partial charge in [-0.3, -0.25) is 10.1 Å². The lowest BCUT2D eigenvalue weighted by molar-refractivity contribution is -0.384. The van der Waals surface area contributed by atoms with E-state index in [-0.39, 0.29) is 17.5 Å². The summed E-state index contributed by atoms with van der Waals surface area (Å²) in [5.74, 6) is 0.0371. The zero-order valence-electron chi connectivity index (χ0n) is 9.00.